The lowest BCUT2D eigenvalue weighted by Crippen LogP contribution is -2.75. The number of nitrogen functional groups attached to an aromatic ring is 2. The van der Waals surface area contributed by atoms with Gasteiger partial charge in [0.25, 0.3) is 0 Å². The third-order valence-electron chi connectivity index (χ3n) is 2.32. The third kappa shape index (κ3) is 5.09. The first-order valence-corrected chi connectivity index (χ1v) is 5.97. The summed E-state index contributed by atoms with van der Waals surface area (Å²) >= 11 is 0. The van der Waals surface area contributed by atoms with Crippen LogP contribution in [0, 0.1) is 0 Å². The van der Waals surface area contributed by atoms with Crippen LogP contribution in [-0.2, 0) is 4.84 Å². The second-order valence-electron chi connectivity index (χ2n) is 3.76. The summed E-state index contributed by atoms with van der Waals surface area (Å²) in [5.41, 5.74) is 14.6. The molecule has 0 aromatic heterocycles. The number of ether oxygens (including phenoxy) is 1. The van der Waals surface area contributed by atoms with E-state index in [0.717, 1.165) is 0 Å². The summed E-state index contributed by atoms with van der Waals surface area (Å²) < 4.78 is 5.10. The molecule has 0 unspecified atom stereocenters. The first-order chi connectivity index (χ1) is 9.69. The van der Waals surface area contributed by atoms with Crippen LogP contribution in [0.3, 0.4) is 0 Å². The predicted octanol–water partition coefficient (Wildman–Crippen LogP) is 1.14. The minimum atomic E-state index is 0.448. The summed E-state index contributed by atoms with van der Waals surface area (Å²) in [6.45, 7) is 0.448. The molecular weight excluding hydrogens is 258 g/mol. The summed E-state index contributed by atoms with van der Waals surface area (Å²) in [5, 5.41) is 8.06. The predicted molar refractivity (Wildman–Crippen MR) is 78.4 cm³/mol. The molecule has 0 bridgehead atoms. The zero-order valence-corrected chi connectivity index (χ0v) is 11.6. The van der Waals surface area contributed by atoms with Gasteiger partial charge in [0.2, 0.25) is 0 Å². The Morgan fingerprint density at radius 2 is 2.00 bits per heavy atom. The van der Waals surface area contributed by atoms with Crippen molar-refractivity contribution >= 4 is 17.1 Å². The highest BCUT2D eigenvalue weighted by Crippen LogP contribution is 2.32. The second kappa shape index (κ2) is 8.68. The van der Waals surface area contributed by atoms with E-state index in [9.17, 15) is 0 Å². The highest BCUT2D eigenvalue weighted by atomic mass is 16.6. The number of anilines is 2. The van der Waals surface area contributed by atoms with Crippen LogP contribution < -0.4 is 21.7 Å². The summed E-state index contributed by atoms with van der Waals surface area (Å²) in [4.78, 5) is 4.75. The second-order valence-corrected chi connectivity index (χ2v) is 3.76. The minimum absolute atomic E-state index is 0.448. The molecule has 0 radical (unpaired) electrons. The van der Waals surface area contributed by atoms with Crippen LogP contribution in [0.1, 0.15) is 0 Å². The van der Waals surface area contributed by atoms with Gasteiger partial charge >= 0.3 is 0 Å². The van der Waals surface area contributed by atoms with E-state index in [2.05, 4.69) is 10.2 Å². The lowest BCUT2D eigenvalue weighted by Gasteiger charge is -2.06. The molecular formula is C13H20N5O2+. The van der Waals surface area contributed by atoms with Crippen LogP contribution in [-0.4, -0.2) is 20.8 Å². The number of benzene rings is 1. The van der Waals surface area contributed by atoms with E-state index in [1.807, 2.05) is 18.2 Å². The lowest BCUT2D eigenvalue weighted by molar-refractivity contribution is -0.842. The largest absolute Gasteiger partial charge is 0.495 e. The van der Waals surface area contributed by atoms with Crippen molar-refractivity contribution in [1.29, 1.82) is 0 Å². The normalized spacial score (nSPS) is 11.9. The summed E-state index contributed by atoms with van der Waals surface area (Å²) in [6, 6.07) is 3.26. The van der Waals surface area contributed by atoms with Crippen LogP contribution in [0.25, 0.3) is 0 Å². The molecule has 20 heavy (non-hydrogen) atoms. The van der Waals surface area contributed by atoms with Crippen molar-refractivity contribution in [3.05, 3.63) is 36.6 Å². The van der Waals surface area contributed by atoms with E-state index in [-0.39, 0.29) is 0 Å². The molecule has 0 aliphatic rings. The van der Waals surface area contributed by atoms with Gasteiger partial charge in [-0.15, -0.1) is 0 Å². The Morgan fingerprint density at radius 3 is 2.70 bits per heavy atom. The van der Waals surface area contributed by atoms with Gasteiger partial charge in [-0.25, -0.2) is 4.84 Å². The molecule has 0 amide bonds. The number of rotatable bonds is 7. The van der Waals surface area contributed by atoms with Crippen LogP contribution in [0.15, 0.2) is 46.8 Å². The molecule has 0 saturated heterocycles. The molecule has 1 rings (SSSR count). The number of nitrogens with two attached hydrogens (primary N) is 3. The molecule has 6 N–H and O–H groups in total. The molecule has 1 aromatic rings. The van der Waals surface area contributed by atoms with Gasteiger partial charge in [-0.1, -0.05) is 12.2 Å². The zero-order valence-electron chi connectivity index (χ0n) is 11.6. The number of azo groups is 1. The Bertz CT molecular complexity index is 512. The van der Waals surface area contributed by atoms with Crippen molar-refractivity contribution in [2.45, 2.75) is 0 Å². The summed E-state index contributed by atoms with van der Waals surface area (Å²) in [7, 11) is 3.13. The lowest BCUT2D eigenvalue weighted by atomic mass is 10.2. The van der Waals surface area contributed by atoms with Crippen LogP contribution in [0.4, 0.5) is 17.1 Å². The highest BCUT2D eigenvalue weighted by Gasteiger charge is 2.05. The maximum Gasteiger partial charge on any atom is 0.144 e. The third-order valence-corrected chi connectivity index (χ3v) is 2.32. The molecule has 0 spiro atoms. The van der Waals surface area contributed by atoms with Crippen molar-refractivity contribution in [1.82, 2.24) is 0 Å². The average molecular weight is 278 g/mol. The Balaban J connectivity index is 2.58. The first kappa shape index (κ1) is 15.7. The molecule has 1 aromatic carbocycles. The molecule has 0 aliphatic heterocycles. The number of hydrogen-bond donors (Lipinski definition) is 3. The smallest absolute Gasteiger partial charge is 0.144 e. The molecule has 0 saturated carbocycles. The number of hydrogen-bond acceptors (Lipinski definition) is 6. The van der Waals surface area contributed by atoms with E-state index in [4.69, 9.17) is 21.0 Å². The summed E-state index contributed by atoms with van der Waals surface area (Å²) in [6.07, 6.45) is 7.31. The van der Waals surface area contributed by atoms with Crippen molar-refractivity contribution < 1.29 is 15.1 Å². The van der Waals surface area contributed by atoms with Gasteiger partial charge < -0.3 is 16.2 Å². The molecule has 7 nitrogen and oxygen atoms in total. The SMILES string of the molecule is CO[NH2+]/C=C\C=C/CN=Nc1cc(OC)c(N)cc1N. The fourth-order valence-corrected chi connectivity index (χ4v) is 1.36. The topological polar surface area (TPSA) is 112 Å². The van der Waals surface area contributed by atoms with E-state index in [1.165, 1.54) is 7.11 Å². The van der Waals surface area contributed by atoms with E-state index in [1.54, 1.807) is 30.9 Å². The van der Waals surface area contributed by atoms with E-state index in [0.29, 0.717) is 29.4 Å². The molecule has 108 valence electrons. The number of nitrogens with zero attached hydrogens (tertiary/aromatic N) is 2. The Morgan fingerprint density at radius 1 is 1.20 bits per heavy atom. The van der Waals surface area contributed by atoms with Gasteiger partial charge in [-0.2, -0.15) is 15.7 Å². The standard InChI is InChI=1S/C13H19N5O2/c1-19-13-9-12(10(14)8-11(13)15)18-16-6-4-3-5-7-17-20-2/h3-5,7-9,17H,6,14-15H2,1-2H3/p+1/b4-3-,7-5-,18-16?. The quantitative estimate of drug-likeness (QED) is 0.300. The molecule has 0 heterocycles. The molecule has 0 aliphatic carbocycles. The molecule has 0 atom stereocenters. The van der Waals surface area contributed by atoms with E-state index < -0.39 is 0 Å². The van der Waals surface area contributed by atoms with Gasteiger partial charge in [0, 0.05) is 6.07 Å². The van der Waals surface area contributed by atoms with Crippen LogP contribution in [0.5, 0.6) is 5.75 Å². The number of hydroxylamine groups is 1. The number of methoxy groups -OCH3 is 1. The van der Waals surface area contributed by atoms with Crippen molar-refractivity contribution in [3.63, 3.8) is 0 Å². The first-order valence-electron chi connectivity index (χ1n) is 5.97. The fraction of sp³-hybridized carbons (Fsp3) is 0.231. The van der Waals surface area contributed by atoms with Crippen molar-refractivity contribution in [2.75, 3.05) is 32.2 Å². The number of quaternary nitrogens is 1. The van der Waals surface area contributed by atoms with Crippen LogP contribution >= 0.6 is 0 Å². The number of allylic oxidation sites excluding steroid dienone is 2. The van der Waals surface area contributed by atoms with E-state index >= 15 is 0 Å². The van der Waals surface area contributed by atoms with Crippen molar-refractivity contribution in [3.8, 4) is 5.75 Å². The monoisotopic (exact) mass is 278 g/mol. The maximum absolute atomic E-state index is 5.80. The van der Waals surface area contributed by atoms with Gasteiger partial charge in [-0.3, -0.25) is 0 Å². The maximum atomic E-state index is 5.80. The van der Waals surface area contributed by atoms with Gasteiger partial charge in [-0.05, 0) is 12.1 Å². The highest BCUT2D eigenvalue weighted by molar-refractivity contribution is 5.73. The van der Waals surface area contributed by atoms with Gasteiger partial charge in [0.05, 0.1) is 32.1 Å². The summed E-state index contributed by atoms with van der Waals surface area (Å²) in [5.74, 6) is 0.529. The van der Waals surface area contributed by atoms with Crippen molar-refractivity contribution in [2.24, 2.45) is 10.2 Å². The van der Waals surface area contributed by atoms with Gasteiger partial charge in [0.1, 0.15) is 17.6 Å². The minimum Gasteiger partial charge on any atom is -0.495 e. The Hall–Kier alpha value is -2.38. The fourth-order valence-electron chi connectivity index (χ4n) is 1.36. The Labute approximate surface area is 117 Å². The van der Waals surface area contributed by atoms with Crippen LogP contribution in [0.2, 0.25) is 0 Å². The molecule has 0 fully saturated rings. The molecule has 7 heteroatoms. The van der Waals surface area contributed by atoms with Gasteiger partial charge in [0.15, 0.2) is 0 Å². The zero-order chi connectivity index (χ0) is 14.8. The Kier molecular flexibility index (Phi) is 6.80. The average Bonchev–Trinajstić information content (AvgIpc) is 2.43.